The Labute approximate surface area is 49.7 Å². The zero-order valence-electron chi connectivity index (χ0n) is 5.27. The molecule has 0 radical (unpaired) electrons. The van der Waals surface area contributed by atoms with Crippen molar-refractivity contribution in [3.63, 3.8) is 0 Å². The summed E-state index contributed by atoms with van der Waals surface area (Å²) in [5.74, 6) is 0.0718. The highest BCUT2D eigenvalue weighted by molar-refractivity contribution is 5.95. The summed E-state index contributed by atoms with van der Waals surface area (Å²) in [6.07, 6.45) is 3.30. The van der Waals surface area contributed by atoms with Gasteiger partial charge in [0.15, 0.2) is 5.78 Å². The van der Waals surface area contributed by atoms with Gasteiger partial charge in [-0.15, -0.1) is 0 Å². The number of allylic oxidation sites excluding steroid dienone is 3. The van der Waals surface area contributed by atoms with Gasteiger partial charge in [-0.1, -0.05) is 18.7 Å². The molecule has 0 unspecified atom stereocenters. The monoisotopic (exact) mass is 110 g/mol. The Kier molecular flexibility index (Phi) is 2.85. The van der Waals surface area contributed by atoms with Crippen LogP contribution in [-0.4, -0.2) is 5.78 Å². The Balaban J connectivity index is 4.13. The molecule has 0 spiro atoms. The van der Waals surface area contributed by atoms with E-state index in [0.29, 0.717) is 5.57 Å². The third-order valence-electron chi connectivity index (χ3n) is 0.937. The van der Waals surface area contributed by atoms with Crippen LogP contribution in [0.25, 0.3) is 0 Å². The minimum Gasteiger partial charge on any atom is -0.295 e. The lowest BCUT2D eigenvalue weighted by Gasteiger charge is -1.88. The second kappa shape index (κ2) is 3.19. The topological polar surface area (TPSA) is 17.1 Å². The molecule has 0 aliphatic carbocycles. The van der Waals surface area contributed by atoms with Gasteiger partial charge in [0.2, 0.25) is 0 Å². The molecule has 0 N–H and O–H groups in total. The molecule has 0 aliphatic rings. The highest BCUT2D eigenvalue weighted by Crippen LogP contribution is 1.94. The number of rotatable bonds is 2. The van der Waals surface area contributed by atoms with Crippen molar-refractivity contribution >= 4 is 5.78 Å². The first-order valence-electron chi connectivity index (χ1n) is 2.52. The normalized spacial score (nSPS) is 11.0. The SMILES string of the molecule is C=C/C(=C\C)C(C)=O. The smallest absolute Gasteiger partial charge is 0.159 e. The Morgan fingerprint density at radius 1 is 1.62 bits per heavy atom. The average Bonchev–Trinajstić information content (AvgIpc) is 1.69. The van der Waals surface area contributed by atoms with Crippen LogP contribution in [0.1, 0.15) is 13.8 Å². The molecule has 1 heteroatoms. The summed E-state index contributed by atoms with van der Waals surface area (Å²) in [4.78, 5) is 10.5. The fourth-order valence-corrected chi connectivity index (χ4v) is 0.465. The molecule has 0 saturated carbocycles. The molecular formula is C7H10O. The highest BCUT2D eigenvalue weighted by atomic mass is 16.1. The highest BCUT2D eigenvalue weighted by Gasteiger charge is 1.92. The molecule has 0 atom stereocenters. The summed E-state index contributed by atoms with van der Waals surface area (Å²) in [5.41, 5.74) is 0.685. The van der Waals surface area contributed by atoms with E-state index in [2.05, 4.69) is 6.58 Å². The zero-order chi connectivity index (χ0) is 6.57. The van der Waals surface area contributed by atoms with E-state index < -0.39 is 0 Å². The lowest BCUT2D eigenvalue weighted by atomic mass is 10.2. The zero-order valence-corrected chi connectivity index (χ0v) is 5.27. The van der Waals surface area contributed by atoms with Crippen LogP contribution in [0, 0.1) is 0 Å². The maximum Gasteiger partial charge on any atom is 0.159 e. The third kappa shape index (κ3) is 1.73. The van der Waals surface area contributed by atoms with E-state index in [0.717, 1.165) is 0 Å². The lowest BCUT2D eigenvalue weighted by molar-refractivity contribution is -0.113. The maximum absolute atomic E-state index is 10.5. The van der Waals surface area contributed by atoms with E-state index in [1.54, 1.807) is 12.2 Å². The van der Waals surface area contributed by atoms with Crippen LogP contribution in [0.4, 0.5) is 0 Å². The second-order valence-electron chi connectivity index (χ2n) is 1.50. The molecule has 0 aromatic rings. The van der Waals surface area contributed by atoms with Crippen molar-refractivity contribution in [2.75, 3.05) is 0 Å². The molecule has 0 aromatic heterocycles. The standard InChI is InChI=1S/C7H10O/c1-4-7(5-2)6(3)8/h4-5H,1H2,2-3H3/b7-5+. The van der Waals surface area contributed by atoms with Gasteiger partial charge in [0, 0.05) is 5.57 Å². The van der Waals surface area contributed by atoms with Crippen LogP contribution in [0.5, 0.6) is 0 Å². The van der Waals surface area contributed by atoms with Crippen molar-refractivity contribution in [1.29, 1.82) is 0 Å². The van der Waals surface area contributed by atoms with Crippen LogP contribution in [-0.2, 0) is 4.79 Å². The number of Topliss-reactive ketones (excluding diaryl/α,β-unsaturated/α-hetero) is 1. The van der Waals surface area contributed by atoms with E-state index in [-0.39, 0.29) is 5.78 Å². The van der Waals surface area contributed by atoms with E-state index in [1.807, 2.05) is 6.92 Å². The van der Waals surface area contributed by atoms with Gasteiger partial charge in [-0.2, -0.15) is 0 Å². The number of hydrogen-bond donors (Lipinski definition) is 0. The van der Waals surface area contributed by atoms with Gasteiger partial charge in [-0.25, -0.2) is 0 Å². The minimum atomic E-state index is 0.0718. The number of hydrogen-bond acceptors (Lipinski definition) is 1. The molecule has 0 aliphatic heterocycles. The summed E-state index contributed by atoms with van der Waals surface area (Å²) in [6.45, 7) is 6.81. The van der Waals surface area contributed by atoms with Crippen LogP contribution in [0.2, 0.25) is 0 Å². The van der Waals surface area contributed by atoms with Crippen LogP contribution >= 0.6 is 0 Å². The van der Waals surface area contributed by atoms with Gasteiger partial charge >= 0.3 is 0 Å². The molecule has 0 heterocycles. The number of ketones is 1. The third-order valence-corrected chi connectivity index (χ3v) is 0.937. The Bertz CT molecular complexity index is 131. The number of carbonyl (C=O) groups is 1. The van der Waals surface area contributed by atoms with Gasteiger partial charge in [-0.05, 0) is 13.8 Å². The van der Waals surface area contributed by atoms with Crippen molar-refractivity contribution < 1.29 is 4.79 Å². The van der Waals surface area contributed by atoms with E-state index >= 15 is 0 Å². The second-order valence-corrected chi connectivity index (χ2v) is 1.50. The Hall–Kier alpha value is -0.850. The van der Waals surface area contributed by atoms with Crippen molar-refractivity contribution in [1.82, 2.24) is 0 Å². The summed E-state index contributed by atoms with van der Waals surface area (Å²) < 4.78 is 0. The molecular weight excluding hydrogens is 100 g/mol. The predicted octanol–water partition coefficient (Wildman–Crippen LogP) is 1.71. The number of carbonyl (C=O) groups excluding carboxylic acids is 1. The van der Waals surface area contributed by atoms with Gasteiger partial charge in [-0.3, -0.25) is 4.79 Å². The quantitative estimate of drug-likeness (QED) is 0.390. The van der Waals surface area contributed by atoms with Crippen molar-refractivity contribution in [2.45, 2.75) is 13.8 Å². The molecule has 0 aromatic carbocycles. The van der Waals surface area contributed by atoms with Crippen LogP contribution < -0.4 is 0 Å². The average molecular weight is 110 g/mol. The Morgan fingerprint density at radius 2 is 2.12 bits per heavy atom. The van der Waals surface area contributed by atoms with Gasteiger partial charge in [0.1, 0.15) is 0 Å². The summed E-state index contributed by atoms with van der Waals surface area (Å²) in [6, 6.07) is 0. The first kappa shape index (κ1) is 7.15. The fourth-order valence-electron chi connectivity index (χ4n) is 0.465. The van der Waals surface area contributed by atoms with E-state index in [9.17, 15) is 4.79 Å². The largest absolute Gasteiger partial charge is 0.295 e. The lowest BCUT2D eigenvalue weighted by Crippen LogP contribution is -1.90. The summed E-state index contributed by atoms with van der Waals surface area (Å²) >= 11 is 0. The summed E-state index contributed by atoms with van der Waals surface area (Å²) in [5, 5.41) is 0. The first-order chi connectivity index (χ1) is 3.72. The van der Waals surface area contributed by atoms with E-state index in [4.69, 9.17) is 0 Å². The first-order valence-corrected chi connectivity index (χ1v) is 2.52. The van der Waals surface area contributed by atoms with Crippen molar-refractivity contribution in [2.24, 2.45) is 0 Å². The fraction of sp³-hybridized carbons (Fsp3) is 0.286. The summed E-state index contributed by atoms with van der Waals surface area (Å²) in [7, 11) is 0. The van der Waals surface area contributed by atoms with Gasteiger partial charge < -0.3 is 0 Å². The molecule has 44 valence electrons. The van der Waals surface area contributed by atoms with Crippen LogP contribution in [0.15, 0.2) is 24.3 Å². The van der Waals surface area contributed by atoms with Gasteiger partial charge in [0.25, 0.3) is 0 Å². The predicted molar refractivity (Wildman–Crippen MR) is 34.6 cm³/mol. The molecule has 0 bridgehead atoms. The van der Waals surface area contributed by atoms with Crippen molar-refractivity contribution in [3.8, 4) is 0 Å². The van der Waals surface area contributed by atoms with Crippen LogP contribution in [0.3, 0.4) is 0 Å². The van der Waals surface area contributed by atoms with Gasteiger partial charge in [0.05, 0.1) is 0 Å². The van der Waals surface area contributed by atoms with E-state index in [1.165, 1.54) is 6.92 Å². The van der Waals surface area contributed by atoms with Crippen molar-refractivity contribution in [3.05, 3.63) is 24.3 Å². The molecule has 0 saturated heterocycles. The molecule has 0 amide bonds. The molecule has 0 rings (SSSR count). The maximum atomic E-state index is 10.5. The Morgan fingerprint density at radius 3 is 2.12 bits per heavy atom. The molecule has 8 heavy (non-hydrogen) atoms. The minimum absolute atomic E-state index is 0.0718. The molecule has 1 nitrogen and oxygen atoms in total. The molecule has 0 fully saturated rings.